The van der Waals surface area contributed by atoms with Gasteiger partial charge in [0, 0.05) is 12.3 Å². The standard InChI is InChI=1S/C19H21NO4S/c1-3-25(23)17-7-5-4-6-16(17)19(22)24-13-18(21)20-12-15-10-8-14(2)9-11-15/h4-11H,3,12-13H2,1-2H3,(H,20,21)/t25-/m0/s1. The van der Waals surface area contributed by atoms with Gasteiger partial charge < -0.3 is 10.1 Å². The van der Waals surface area contributed by atoms with Crippen LogP contribution in [0.3, 0.4) is 0 Å². The van der Waals surface area contributed by atoms with Gasteiger partial charge in [-0.25, -0.2) is 4.79 Å². The van der Waals surface area contributed by atoms with Crippen molar-refractivity contribution >= 4 is 22.7 Å². The summed E-state index contributed by atoms with van der Waals surface area (Å²) >= 11 is 0. The molecule has 2 aromatic rings. The topological polar surface area (TPSA) is 72.5 Å². The summed E-state index contributed by atoms with van der Waals surface area (Å²) < 4.78 is 17.0. The highest BCUT2D eigenvalue weighted by Gasteiger charge is 2.17. The van der Waals surface area contributed by atoms with E-state index in [0.717, 1.165) is 11.1 Å². The molecule has 6 heteroatoms. The number of hydrogen-bond acceptors (Lipinski definition) is 4. The predicted molar refractivity (Wildman–Crippen MR) is 96.7 cm³/mol. The first-order valence-electron chi connectivity index (χ1n) is 7.98. The molecule has 5 nitrogen and oxygen atoms in total. The van der Waals surface area contributed by atoms with Crippen molar-refractivity contribution in [2.45, 2.75) is 25.3 Å². The van der Waals surface area contributed by atoms with Gasteiger partial charge in [-0.05, 0) is 24.6 Å². The summed E-state index contributed by atoms with van der Waals surface area (Å²) in [6, 6.07) is 14.4. The lowest BCUT2D eigenvalue weighted by atomic mass is 10.1. The molecule has 1 amide bonds. The van der Waals surface area contributed by atoms with Gasteiger partial charge in [-0.2, -0.15) is 0 Å². The monoisotopic (exact) mass is 359 g/mol. The average Bonchev–Trinajstić information content (AvgIpc) is 2.65. The van der Waals surface area contributed by atoms with E-state index in [2.05, 4.69) is 5.32 Å². The molecule has 0 bridgehead atoms. The van der Waals surface area contributed by atoms with Crippen LogP contribution in [-0.4, -0.2) is 28.4 Å². The Kier molecular flexibility index (Phi) is 6.89. The number of carbonyl (C=O) groups excluding carboxylic acids is 2. The number of amides is 1. The number of benzene rings is 2. The number of aryl methyl sites for hydroxylation is 1. The van der Waals surface area contributed by atoms with E-state index >= 15 is 0 Å². The molecule has 0 aliphatic heterocycles. The second-order valence-corrected chi connectivity index (χ2v) is 7.18. The van der Waals surface area contributed by atoms with E-state index in [0.29, 0.717) is 17.2 Å². The summed E-state index contributed by atoms with van der Waals surface area (Å²) in [4.78, 5) is 24.4. The van der Waals surface area contributed by atoms with Crippen molar-refractivity contribution in [1.29, 1.82) is 0 Å². The van der Waals surface area contributed by atoms with Crippen LogP contribution in [0.1, 0.15) is 28.4 Å². The largest absolute Gasteiger partial charge is 0.452 e. The van der Waals surface area contributed by atoms with Crippen LogP contribution in [0.4, 0.5) is 0 Å². The van der Waals surface area contributed by atoms with Crippen molar-refractivity contribution < 1.29 is 18.5 Å². The van der Waals surface area contributed by atoms with E-state index in [-0.39, 0.29) is 18.1 Å². The predicted octanol–water partition coefficient (Wildman–Crippen LogP) is 2.60. The second kappa shape index (κ2) is 9.13. The molecule has 2 aromatic carbocycles. The first-order valence-corrected chi connectivity index (χ1v) is 9.30. The van der Waals surface area contributed by atoms with Crippen LogP contribution in [0.5, 0.6) is 0 Å². The van der Waals surface area contributed by atoms with E-state index < -0.39 is 16.8 Å². The molecule has 0 spiro atoms. The third kappa shape index (κ3) is 5.53. The lowest BCUT2D eigenvalue weighted by Gasteiger charge is -2.09. The van der Waals surface area contributed by atoms with Crippen LogP contribution in [0.2, 0.25) is 0 Å². The molecule has 0 aliphatic rings. The number of nitrogens with one attached hydrogen (secondary N) is 1. The lowest BCUT2D eigenvalue weighted by molar-refractivity contribution is -0.124. The summed E-state index contributed by atoms with van der Waals surface area (Å²) in [6.07, 6.45) is 0. The van der Waals surface area contributed by atoms with Crippen LogP contribution in [-0.2, 0) is 26.9 Å². The van der Waals surface area contributed by atoms with E-state index in [1.807, 2.05) is 31.2 Å². The van der Waals surface area contributed by atoms with Gasteiger partial charge in [-0.1, -0.05) is 48.9 Å². The molecule has 0 aromatic heterocycles. The maximum atomic E-state index is 12.2. The molecular weight excluding hydrogens is 338 g/mol. The summed E-state index contributed by atoms with van der Waals surface area (Å²) in [5, 5.41) is 2.70. The number of ether oxygens (including phenoxy) is 1. The Morgan fingerprint density at radius 2 is 1.76 bits per heavy atom. The Hall–Kier alpha value is -2.47. The molecule has 0 radical (unpaired) electrons. The van der Waals surface area contributed by atoms with Crippen molar-refractivity contribution in [3.05, 3.63) is 65.2 Å². The summed E-state index contributed by atoms with van der Waals surface area (Å²) in [5.74, 6) is -0.632. The number of hydrogen-bond donors (Lipinski definition) is 1. The van der Waals surface area contributed by atoms with Crippen LogP contribution in [0.15, 0.2) is 53.4 Å². The van der Waals surface area contributed by atoms with Gasteiger partial charge in [0.1, 0.15) is 0 Å². The molecule has 132 valence electrons. The van der Waals surface area contributed by atoms with E-state index in [1.54, 1.807) is 31.2 Å². The van der Waals surface area contributed by atoms with Crippen molar-refractivity contribution in [1.82, 2.24) is 5.32 Å². The normalized spacial score (nSPS) is 11.6. The highest BCUT2D eigenvalue weighted by molar-refractivity contribution is 7.85. The minimum Gasteiger partial charge on any atom is -0.452 e. The molecule has 0 saturated carbocycles. The van der Waals surface area contributed by atoms with Crippen LogP contribution in [0, 0.1) is 6.92 Å². The van der Waals surface area contributed by atoms with Crippen molar-refractivity contribution in [3.8, 4) is 0 Å². The number of rotatable bonds is 7. The van der Waals surface area contributed by atoms with Gasteiger partial charge in [0.05, 0.1) is 21.3 Å². The Balaban J connectivity index is 1.88. The highest BCUT2D eigenvalue weighted by Crippen LogP contribution is 2.15. The lowest BCUT2D eigenvalue weighted by Crippen LogP contribution is -2.28. The Morgan fingerprint density at radius 1 is 1.08 bits per heavy atom. The molecule has 1 N–H and O–H groups in total. The van der Waals surface area contributed by atoms with E-state index in [4.69, 9.17) is 4.74 Å². The Bertz CT molecular complexity index is 771. The number of carbonyl (C=O) groups is 2. The minimum atomic E-state index is -1.27. The van der Waals surface area contributed by atoms with Crippen molar-refractivity contribution in [3.63, 3.8) is 0 Å². The van der Waals surface area contributed by atoms with Gasteiger partial charge in [-0.15, -0.1) is 0 Å². The maximum Gasteiger partial charge on any atom is 0.339 e. The molecule has 0 heterocycles. The summed E-state index contributed by atoms with van der Waals surface area (Å²) in [5.41, 5.74) is 2.34. The van der Waals surface area contributed by atoms with Gasteiger partial charge >= 0.3 is 5.97 Å². The molecule has 2 rings (SSSR count). The van der Waals surface area contributed by atoms with E-state index in [9.17, 15) is 13.8 Å². The summed E-state index contributed by atoms with van der Waals surface area (Å²) in [7, 11) is -1.27. The Labute approximate surface area is 149 Å². The number of esters is 1. The first-order chi connectivity index (χ1) is 12.0. The smallest absolute Gasteiger partial charge is 0.339 e. The van der Waals surface area contributed by atoms with Crippen LogP contribution < -0.4 is 5.32 Å². The third-order valence-corrected chi connectivity index (χ3v) is 4.93. The Morgan fingerprint density at radius 3 is 2.44 bits per heavy atom. The molecule has 25 heavy (non-hydrogen) atoms. The van der Waals surface area contributed by atoms with Crippen molar-refractivity contribution in [2.24, 2.45) is 0 Å². The maximum absolute atomic E-state index is 12.2. The SMILES string of the molecule is CC[S@](=O)c1ccccc1C(=O)OCC(=O)NCc1ccc(C)cc1. The molecule has 1 atom stereocenters. The van der Waals surface area contributed by atoms with Gasteiger partial charge in [0.2, 0.25) is 0 Å². The summed E-state index contributed by atoms with van der Waals surface area (Å²) in [6.45, 7) is 3.76. The minimum absolute atomic E-state index is 0.231. The molecule has 0 aliphatic carbocycles. The van der Waals surface area contributed by atoms with Crippen LogP contribution in [0.25, 0.3) is 0 Å². The zero-order chi connectivity index (χ0) is 18.2. The third-order valence-electron chi connectivity index (χ3n) is 3.56. The van der Waals surface area contributed by atoms with Gasteiger partial charge in [0.25, 0.3) is 5.91 Å². The quantitative estimate of drug-likeness (QED) is 0.771. The first kappa shape index (κ1) is 18.9. The second-order valence-electron chi connectivity index (χ2n) is 5.47. The zero-order valence-corrected chi connectivity index (χ0v) is 15.1. The molecule has 0 fully saturated rings. The molecule has 0 unspecified atom stereocenters. The zero-order valence-electron chi connectivity index (χ0n) is 14.3. The fraction of sp³-hybridized carbons (Fsp3) is 0.263. The van der Waals surface area contributed by atoms with Gasteiger partial charge in [0.15, 0.2) is 6.61 Å². The molecular formula is C19H21NO4S. The van der Waals surface area contributed by atoms with Crippen molar-refractivity contribution in [2.75, 3.05) is 12.4 Å². The highest BCUT2D eigenvalue weighted by atomic mass is 32.2. The molecule has 0 saturated heterocycles. The fourth-order valence-electron chi connectivity index (χ4n) is 2.16. The van der Waals surface area contributed by atoms with E-state index in [1.165, 1.54) is 0 Å². The fourth-order valence-corrected chi connectivity index (χ4v) is 3.09. The average molecular weight is 359 g/mol. The van der Waals surface area contributed by atoms with Gasteiger partial charge in [-0.3, -0.25) is 9.00 Å². The van der Waals surface area contributed by atoms with Crippen LogP contribution >= 0.6 is 0 Å².